The fourth-order valence-corrected chi connectivity index (χ4v) is 4.31. The highest BCUT2D eigenvalue weighted by Crippen LogP contribution is 2.31. The molecule has 7 nitrogen and oxygen atoms in total. The predicted molar refractivity (Wildman–Crippen MR) is 115 cm³/mol. The van der Waals surface area contributed by atoms with Crippen molar-refractivity contribution < 1.29 is 4.79 Å². The number of aryl methyl sites for hydroxylation is 2. The van der Waals surface area contributed by atoms with Gasteiger partial charge in [0, 0.05) is 37.3 Å². The number of aromatic nitrogens is 4. The standard InChI is InChI=1S/C22H30N6O/c1-15(2)28-19-10-6-5-9-18(19)23-22(28)17-8-7-11-27(13-17)14-21(29)24-20-12-16(3)26(4)25-20/h5-6,9-10,12,15,17H,7-8,11,13-14H2,1-4H3,(H,24,25,29). The van der Waals surface area contributed by atoms with Crippen molar-refractivity contribution >= 4 is 22.8 Å². The second-order valence-electron chi connectivity index (χ2n) is 8.34. The molecule has 4 rings (SSSR count). The highest BCUT2D eigenvalue weighted by atomic mass is 16.2. The first-order chi connectivity index (χ1) is 13.9. The van der Waals surface area contributed by atoms with Crippen molar-refractivity contribution in [2.75, 3.05) is 25.0 Å². The zero-order valence-corrected chi connectivity index (χ0v) is 17.7. The van der Waals surface area contributed by atoms with Gasteiger partial charge in [0.05, 0.1) is 17.6 Å². The maximum atomic E-state index is 12.5. The van der Waals surface area contributed by atoms with Gasteiger partial charge >= 0.3 is 0 Å². The maximum absolute atomic E-state index is 12.5. The molecule has 0 radical (unpaired) electrons. The number of nitrogens with zero attached hydrogens (tertiary/aromatic N) is 5. The van der Waals surface area contributed by atoms with Gasteiger partial charge in [0.1, 0.15) is 5.82 Å². The largest absolute Gasteiger partial charge is 0.325 e. The Bertz CT molecular complexity index is 998. The van der Waals surface area contributed by atoms with Crippen LogP contribution in [0.1, 0.15) is 50.2 Å². The molecular weight excluding hydrogens is 364 g/mol. The van der Waals surface area contributed by atoms with Crippen LogP contribution in [-0.2, 0) is 11.8 Å². The Labute approximate surface area is 171 Å². The Hall–Kier alpha value is -2.67. The van der Waals surface area contributed by atoms with Gasteiger partial charge < -0.3 is 9.88 Å². The van der Waals surface area contributed by atoms with Crippen molar-refractivity contribution in [1.82, 2.24) is 24.2 Å². The van der Waals surface area contributed by atoms with E-state index < -0.39 is 0 Å². The minimum atomic E-state index is -0.0129. The molecule has 0 aliphatic carbocycles. The summed E-state index contributed by atoms with van der Waals surface area (Å²) in [5.41, 5.74) is 3.26. The highest BCUT2D eigenvalue weighted by molar-refractivity contribution is 5.91. The average Bonchev–Trinajstić information content (AvgIpc) is 3.21. The third-order valence-electron chi connectivity index (χ3n) is 5.76. The van der Waals surface area contributed by atoms with Gasteiger partial charge in [-0.3, -0.25) is 14.4 Å². The lowest BCUT2D eigenvalue weighted by Crippen LogP contribution is -2.40. The Morgan fingerprint density at radius 2 is 2.10 bits per heavy atom. The van der Waals surface area contributed by atoms with E-state index in [1.807, 2.05) is 26.1 Å². The number of anilines is 1. The molecule has 1 aliphatic heterocycles. The van der Waals surface area contributed by atoms with Crippen LogP contribution in [0.25, 0.3) is 11.0 Å². The lowest BCUT2D eigenvalue weighted by Gasteiger charge is -2.32. The van der Waals surface area contributed by atoms with E-state index >= 15 is 0 Å². The molecule has 3 heterocycles. The van der Waals surface area contributed by atoms with E-state index in [2.05, 4.69) is 51.9 Å². The lowest BCUT2D eigenvalue weighted by atomic mass is 9.97. The number of hydrogen-bond acceptors (Lipinski definition) is 4. The zero-order valence-electron chi connectivity index (χ0n) is 17.7. The Balaban J connectivity index is 1.48. The number of hydrogen-bond donors (Lipinski definition) is 1. The molecule has 0 bridgehead atoms. The van der Waals surface area contributed by atoms with Gasteiger partial charge in [0.15, 0.2) is 5.82 Å². The van der Waals surface area contributed by atoms with Crippen LogP contribution in [-0.4, -0.2) is 49.8 Å². The minimum absolute atomic E-state index is 0.0129. The summed E-state index contributed by atoms with van der Waals surface area (Å²) < 4.78 is 4.13. The Morgan fingerprint density at radius 3 is 2.83 bits per heavy atom. The van der Waals surface area contributed by atoms with Crippen molar-refractivity contribution in [3.05, 3.63) is 41.9 Å². The molecule has 29 heavy (non-hydrogen) atoms. The van der Waals surface area contributed by atoms with Crippen molar-refractivity contribution in [2.24, 2.45) is 7.05 Å². The second-order valence-corrected chi connectivity index (χ2v) is 8.34. The van der Waals surface area contributed by atoms with Crippen LogP contribution in [0.3, 0.4) is 0 Å². The molecule has 1 amide bonds. The van der Waals surface area contributed by atoms with Gasteiger partial charge in [0.25, 0.3) is 0 Å². The quantitative estimate of drug-likeness (QED) is 0.719. The normalized spacial score (nSPS) is 17.9. The van der Waals surface area contributed by atoms with Crippen LogP contribution >= 0.6 is 0 Å². The first-order valence-electron chi connectivity index (χ1n) is 10.4. The SMILES string of the molecule is Cc1cc(NC(=O)CN2CCCC(c3nc4ccccc4n3C(C)C)C2)nn1C. The van der Waals surface area contributed by atoms with E-state index in [1.165, 1.54) is 5.52 Å². The van der Waals surface area contributed by atoms with E-state index in [0.717, 1.165) is 43.0 Å². The summed E-state index contributed by atoms with van der Waals surface area (Å²) in [6.07, 6.45) is 2.18. The fourth-order valence-electron chi connectivity index (χ4n) is 4.31. The number of rotatable bonds is 5. The molecule has 7 heteroatoms. The highest BCUT2D eigenvalue weighted by Gasteiger charge is 2.28. The predicted octanol–water partition coefficient (Wildman–Crippen LogP) is 3.48. The molecule has 0 saturated carbocycles. The first kappa shape index (κ1) is 19.6. The summed E-state index contributed by atoms with van der Waals surface area (Å²) in [6.45, 7) is 8.56. The topological polar surface area (TPSA) is 68.0 Å². The average molecular weight is 395 g/mol. The van der Waals surface area contributed by atoms with Crippen LogP contribution in [0.15, 0.2) is 30.3 Å². The van der Waals surface area contributed by atoms with Gasteiger partial charge in [0.2, 0.25) is 5.91 Å². The van der Waals surface area contributed by atoms with E-state index in [-0.39, 0.29) is 5.91 Å². The molecule has 1 aromatic carbocycles. The molecule has 1 saturated heterocycles. The first-order valence-corrected chi connectivity index (χ1v) is 10.4. The summed E-state index contributed by atoms with van der Waals surface area (Å²) >= 11 is 0. The van der Waals surface area contributed by atoms with Crippen LogP contribution in [0, 0.1) is 6.92 Å². The maximum Gasteiger partial charge on any atom is 0.239 e. The molecular formula is C22H30N6O. The molecule has 3 aromatic rings. The van der Waals surface area contributed by atoms with E-state index in [1.54, 1.807) is 4.68 Å². The number of amides is 1. The second kappa shape index (κ2) is 7.99. The van der Waals surface area contributed by atoms with Crippen LogP contribution < -0.4 is 5.32 Å². The fraction of sp³-hybridized carbons (Fsp3) is 0.500. The molecule has 1 unspecified atom stereocenters. The van der Waals surface area contributed by atoms with Gasteiger partial charge in [-0.2, -0.15) is 5.10 Å². The number of fused-ring (bicyclic) bond motifs is 1. The van der Waals surface area contributed by atoms with Crippen molar-refractivity contribution in [3.63, 3.8) is 0 Å². The third-order valence-corrected chi connectivity index (χ3v) is 5.76. The number of nitrogens with one attached hydrogen (secondary N) is 1. The molecule has 154 valence electrons. The summed E-state index contributed by atoms with van der Waals surface area (Å²) in [5.74, 6) is 2.08. The molecule has 1 fully saturated rings. The van der Waals surface area contributed by atoms with Crippen molar-refractivity contribution in [3.8, 4) is 0 Å². The molecule has 0 spiro atoms. The molecule has 1 aliphatic rings. The molecule has 1 N–H and O–H groups in total. The summed E-state index contributed by atoms with van der Waals surface area (Å²) in [4.78, 5) is 19.8. The van der Waals surface area contributed by atoms with E-state index in [0.29, 0.717) is 24.3 Å². The zero-order chi connectivity index (χ0) is 20.5. The number of imidazole rings is 1. The summed E-state index contributed by atoms with van der Waals surface area (Å²) in [7, 11) is 1.88. The molecule has 1 atom stereocenters. The summed E-state index contributed by atoms with van der Waals surface area (Å²) in [6, 6.07) is 10.6. The van der Waals surface area contributed by atoms with E-state index in [4.69, 9.17) is 4.98 Å². The number of para-hydroxylation sites is 2. The smallest absolute Gasteiger partial charge is 0.239 e. The minimum Gasteiger partial charge on any atom is -0.325 e. The van der Waals surface area contributed by atoms with Gasteiger partial charge in [-0.05, 0) is 52.3 Å². The number of likely N-dealkylation sites (tertiary alicyclic amines) is 1. The van der Waals surface area contributed by atoms with Crippen molar-refractivity contribution in [1.29, 1.82) is 0 Å². The lowest BCUT2D eigenvalue weighted by molar-refractivity contribution is -0.117. The Kier molecular flexibility index (Phi) is 5.41. The van der Waals surface area contributed by atoms with Gasteiger partial charge in [-0.15, -0.1) is 0 Å². The monoisotopic (exact) mass is 394 g/mol. The van der Waals surface area contributed by atoms with Gasteiger partial charge in [-0.1, -0.05) is 12.1 Å². The van der Waals surface area contributed by atoms with Crippen molar-refractivity contribution in [2.45, 2.75) is 45.6 Å². The van der Waals surface area contributed by atoms with E-state index in [9.17, 15) is 4.79 Å². The number of benzene rings is 1. The van der Waals surface area contributed by atoms with Crippen LogP contribution in [0.5, 0.6) is 0 Å². The third kappa shape index (κ3) is 4.05. The Morgan fingerprint density at radius 1 is 1.31 bits per heavy atom. The van der Waals surface area contributed by atoms with Gasteiger partial charge in [-0.25, -0.2) is 4.98 Å². The number of carbonyl (C=O) groups is 1. The number of piperidine rings is 1. The number of carbonyl (C=O) groups excluding carboxylic acids is 1. The summed E-state index contributed by atoms with van der Waals surface area (Å²) in [5, 5.41) is 7.24. The van der Waals surface area contributed by atoms with Crippen LogP contribution in [0.2, 0.25) is 0 Å². The van der Waals surface area contributed by atoms with Crippen LogP contribution in [0.4, 0.5) is 5.82 Å². The molecule has 2 aromatic heterocycles.